The molecule has 9 nitrogen and oxygen atoms in total. The van der Waals surface area contributed by atoms with Gasteiger partial charge in [0.15, 0.2) is 0 Å². The van der Waals surface area contributed by atoms with Crippen molar-refractivity contribution in [2.24, 2.45) is 11.8 Å². The maximum Gasteiger partial charge on any atom is 0.310 e. The summed E-state index contributed by atoms with van der Waals surface area (Å²) in [4.78, 5) is 40.1. The summed E-state index contributed by atoms with van der Waals surface area (Å²) >= 11 is 0. The zero-order valence-corrected chi connectivity index (χ0v) is 21.1. The van der Waals surface area contributed by atoms with Crippen molar-refractivity contribution < 1.29 is 22.7 Å². The first-order valence-electron chi connectivity index (χ1n) is 12.3. The SMILES string of the molecule is CCOC(=O)[C@@H]1CCCN(C(=O)Cn2cc(S(=O)(=O)N3CCC(C)CC3)c3ccccc3c2=O)C1. The van der Waals surface area contributed by atoms with E-state index in [1.54, 1.807) is 36.1 Å². The zero-order chi connectivity index (χ0) is 25.2. The average molecular weight is 504 g/mol. The average Bonchev–Trinajstić information content (AvgIpc) is 2.86. The van der Waals surface area contributed by atoms with Gasteiger partial charge in [0.2, 0.25) is 15.9 Å². The van der Waals surface area contributed by atoms with Gasteiger partial charge in [0.05, 0.1) is 12.5 Å². The summed E-state index contributed by atoms with van der Waals surface area (Å²) in [6.07, 6.45) is 4.19. The number of hydrogen-bond donors (Lipinski definition) is 0. The van der Waals surface area contributed by atoms with Crippen molar-refractivity contribution in [3.8, 4) is 0 Å². The summed E-state index contributed by atoms with van der Waals surface area (Å²) in [6.45, 7) is 5.41. The number of sulfonamides is 1. The van der Waals surface area contributed by atoms with Crippen LogP contribution < -0.4 is 5.56 Å². The van der Waals surface area contributed by atoms with Crippen molar-refractivity contribution >= 4 is 32.7 Å². The molecule has 2 saturated heterocycles. The van der Waals surface area contributed by atoms with Crippen LogP contribution in [0.1, 0.15) is 39.5 Å². The van der Waals surface area contributed by atoms with E-state index in [1.807, 2.05) is 0 Å². The van der Waals surface area contributed by atoms with Crippen LogP contribution in [0.3, 0.4) is 0 Å². The minimum absolute atomic E-state index is 0.0399. The number of nitrogens with zero attached hydrogens (tertiary/aromatic N) is 3. The third kappa shape index (κ3) is 5.28. The van der Waals surface area contributed by atoms with Gasteiger partial charge in [0.1, 0.15) is 11.4 Å². The molecule has 10 heteroatoms. The standard InChI is InChI=1S/C25H33N3O6S/c1-3-34-25(31)19-7-6-12-26(15-19)23(29)17-27-16-22(20-8-4-5-9-21(20)24(27)30)35(32,33)28-13-10-18(2)11-14-28/h4-5,8-9,16,18-19H,3,6-7,10-15,17H2,1-2H3/t19-/m1/s1. The Bertz CT molecular complexity index is 1260. The Morgan fingerprint density at radius 2 is 1.74 bits per heavy atom. The lowest BCUT2D eigenvalue weighted by Crippen LogP contribution is -2.45. The van der Waals surface area contributed by atoms with Crippen molar-refractivity contribution in [3.05, 3.63) is 40.8 Å². The molecule has 4 rings (SSSR count). The van der Waals surface area contributed by atoms with E-state index < -0.39 is 21.5 Å². The second-order valence-corrected chi connectivity index (χ2v) is 11.4. The first kappa shape index (κ1) is 25.4. The number of hydrogen-bond acceptors (Lipinski definition) is 6. The quantitative estimate of drug-likeness (QED) is 0.560. The smallest absolute Gasteiger partial charge is 0.310 e. The Morgan fingerprint density at radius 3 is 2.43 bits per heavy atom. The number of carbonyl (C=O) groups excluding carboxylic acids is 2. The topological polar surface area (TPSA) is 106 Å². The predicted molar refractivity (Wildman–Crippen MR) is 131 cm³/mol. The van der Waals surface area contributed by atoms with Crippen molar-refractivity contribution in [2.45, 2.75) is 51.0 Å². The highest BCUT2D eigenvalue weighted by atomic mass is 32.2. The highest BCUT2D eigenvalue weighted by Crippen LogP contribution is 2.28. The van der Waals surface area contributed by atoms with Gasteiger partial charge < -0.3 is 14.2 Å². The molecule has 190 valence electrons. The van der Waals surface area contributed by atoms with Crippen LogP contribution in [0, 0.1) is 11.8 Å². The lowest BCUT2D eigenvalue weighted by Gasteiger charge is -2.32. The Kier molecular flexibility index (Phi) is 7.61. The molecule has 35 heavy (non-hydrogen) atoms. The van der Waals surface area contributed by atoms with Gasteiger partial charge in [-0.25, -0.2) is 8.42 Å². The molecule has 2 aromatic rings. The molecule has 0 bridgehead atoms. The molecule has 3 heterocycles. The summed E-state index contributed by atoms with van der Waals surface area (Å²) in [7, 11) is -3.85. The molecule has 2 fully saturated rings. The highest BCUT2D eigenvalue weighted by molar-refractivity contribution is 7.89. The first-order chi connectivity index (χ1) is 16.7. The fraction of sp³-hybridized carbons (Fsp3) is 0.560. The monoisotopic (exact) mass is 503 g/mol. The molecular weight excluding hydrogens is 470 g/mol. The molecule has 0 unspecified atom stereocenters. The van der Waals surface area contributed by atoms with Crippen LogP contribution in [-0.4, -0.2) is 66.9 Å². The number of likely N-dealkylation sites (tertiary alicyclic amines) is 1. The number of amides is 1. The van der Waals surface area contributed by atoms with E-state index in [1.165, 1.54) is 15.1 Å². The minimum atomic E-state index is -3.85. The number of aromatic nitrogens is 1. The minimum Gasteiger partial charge on any atom is -0.466 e. The van der Waals surface area contributed by atoms with E-state index in [2.05, 4.69) is 6.92 Å². The predicted octanol–water partition coefficient (Wildman–Crippen LogP) is 2.22. The van der Waals surface area contributed by atoms with E-state index in [0.717, 1.165) is 12.8 Å². The molecule has 2 aliphatic rings. The van der Waals surface area contributed by atoms with Crippen molar-refractivity contribution in [3.63, 3.8) is 0 Å². The number of benzene rings is 1. The number of pyridine rings is 1. The molecule has 1 aromatic heterocycles. The molecule has 1 amide bonds. The second kappa shape index (κ2) is 10.5. The largest absolute Gasteiger partial charge is 0.466 e. The Hall–Kier alpha value is -2.72. The van der Waals surface area contributed by atoms with Gasteiger partial charge in [-0.3, -0.25) is 14.4 Å². The third-order valence-electron chi connectivity index (χ3n) is 7.02. The van der Waals surface area contributed by atoms with Gasteiger partial charge in [-0.15, -0.1) is 0 Å². The lowest BCUT2D eigenvalue weighted by molar-refractivity contribution is -0.151. The number of carbonyl (C=O) groups is 2. The molecule has 1 aromatic carbocycles. The molecule has 0 saturated carbocycles. The van der Waals surface area contributed by atoms with Crippen LogP contribution in [0.4, 0.5) is 0 Å². The summed E-state index contributed by atoms with van der Waals surface area (Å²) in [5, 5.41) is 0.620. The van der Waals surface area contributed by atoms with Crippen LogP contribution in [0.5, 0.6) is 0 Å². The van der Waals surface area contributed by atoms with Gasteiger partial charge in [0, 0.05) is 43.1 Å². The van der Waals surface area contributed by atoms with Crippen molar-refractivity contribution in [1.82, 2.24) is 13.8 Å². The molecule has 0 aliphatic carbocycles. The van der Waals surface area contributed by atoms with Crippen LogP contribution in [0.25, 0.3) is 10.8 Å². The van der Waals surface area contributed by atoms with E-state index in [9.17, 15) is 22.8 Å². The molecule has 0 radical (unpaired) electrons. The molecule has 1 atom stereocenters. The van der Waals surface area contributed by atoms with E-state index in [4.69, 9.17) is 4.74 Å². The Balaban J connectivity index is 1.65. The van der Waals surface area contributed by atoms with Gasteiger partial charge in [0.25, 0.3) is 5.56 Å². The normalized spacial score (nSPS) is 20.2. The van der Waals surface area contributed by atoms with Crippen LogP contribution >= 0.6 is 0 Å². The second-order valence-electron chi connectivity index (χ2n) is 9.49. The molecule has 0 spiro atoms. The van der Waals surface area contributed by atoms with Gasteiger partial charge in [-0.2, -0.15) is 4.31 Å². The van der Waals surface area contributed by atoms with Gasteiger partial charge >= 0.3 is 5.97 Å². The van der Waals surface area contributed by atoms with Crippen LogP contribution in [0.2, 0.25) is 0 Å². The highest BCUT2D eigenvalue weighted by Gasteiger charge is 2.32. The van der Waals surface area contributed by atoms with E-state index in [0.29, 0.717) is 43.8 Å². The molecule has 2 aliphatic heterocycles. The number of rotatable bonds is 6. The third-order valence-corrected chi connectivity index (χ3v) is 8.94. The number of piperidine rings is 2. The summed E-state index contributed by atoms with van der Waals surface area (Å²) in [6, 6.07) is 6.62. The fourth-order valence-electron chi connectivity index (χ4n) is 4.90. The zero-order valence-electron chi connectivity index (χ0n) is 20.3. The number of fused-ring (bicyclic) bond motifs is 1. The Morgan fingerprint density at radius 1 is 1.06 bits per heavy atom. The van der Waals surface area contributed by atoms with Gasteiger partial charge in [-0.05, 0) is 44.6 Å². The summed E-state index contributed by atoms with van der Waals surface area (Å²) < 4.78 is 35.0. The Labute approximate surface area is 205 Å². The number of esters is 1. The fourth-order valence-corrected chi connectivity index (χ4v) is 6.58. The molecule has 0 N–H and O–H groups in total. The van der Waals surface area contributed by atoms with E-state index in [-0.39, 0.29) is 41.9 Å². The maximum atomic E-state index is 13.6. The molecular formula is C25H33N3O6S. The van der Waals surface area contributed by atoms with Crippen LogP contribution in [-0.2, 0) is 30.9 Å². The summed E-state index contributed by atoms with van der Waals surface area (Å²) in [5.74, 6) is -0.574. The van der Waals surface area contributed by atoms with E-state index >= 15 is 0 Å². The maximum absolute atomic E-state index is 13.6. The first-order valence-corrected chi connectivity index (χ1v) is 13.7. The van der Waals surface area contributed by atoms with Crippen molar-refractivity contribution in [2.75, 3.05) is 32.8 Å². The lowest BCUT2D eigenvalue weighted by atomic mass is 9.98. The number of ether oxygens (including phenoxy) is 1. The van der Waals surface area contributed by atoms with Crippen LogP contribution in [0.15, 0.2) is 40.2 Å². The summed E-state index contributed by atoms with van der Waals surface area (Å²) in [5.41, 5.74) is -0.417. The van der Waals surface area contributed by atoms with Crippen molar-refractivity contribution in [1.29, 1.82) is 0 Å². The van der Waals surface area contributed by atoms with Gasteiger partial charge in [-0.1, -0.05) is 25.1 Å².